The zero-order chi connectivity index (χ0) is 19.3. The van der Waals surface area contributed by atoms with Gasteiger partial charge >= 0.3 is 0 Å². The van der Waals surface area contributed by atoms with Gasteiger partial charge in [-0.05, 0) is 36.0 Å². The summed E-state index contributed by atoms with van der Waals surface area (Å²) in [5.41, 5.74) is 8.50. The lowest BCUT2D eigenvalue weighted by molar-refractivity contribution is 0.256. The van der Waals surface area contributed by atoms with Crippen molar-refractivity contribution in [2.24, 2.45) is 10.8 Å². The van der Waals surface area contributed by atoms with Gasteiger partial charge in [-0.2, -0.15) is 13.9 Å². The van der Waals surface area contributed by atoms with Gasteiger partial charge in [0.15, 0.2) is 22.5 Å². The van der Waals surface area contributed by atoms with Crippen molar-refractivity contribution in [2.45, 2.75) is 6.61 Å². The number of thiocarbonyl (C=S) groups is 1. The topological polar surface area (TPSA) is 68.9 Å². The molecule has 0 amide bonds. The first-order valence-corrected chi connectivity index (χ1v) is 7.45. The van der Waals surface area contributed by atoms with Gasteiger partial charge in [0.2, 0.25) is 11.6 Å². The zero-order valence-electron chi connectivity index (χ0n) is 13.4. The molecule has 0 aliphatic carbocycles. The zero-order valence-corrected chi connectivity index (χ0v) is 14.2. The Balaban J connectivity index is 2.26. The maximum absolute atomic E-state index is 13.7. The van der Waals surface area contributed by atoms with Crippen LogP contribution in [0.5, 0.6) is 11.5 Å². The fraction of sp³-hybridized carbons (Fsp3) is 0.125. The van der Waals surface area contributed by atoms with Crippen LogP contribution in [0.25, 0.3) is 0 Å². The molecule has 10 heteroatoms. The number of ether oxygens (including phenoxy) is 2. The van der Waals surface area contributed by atoms with Gasteiger partial charge in [0.1, 0.15) is 12.4 Å². The lowest BCUT2D eigenvalue weighted by Gasteiger charge is -2.12. The van der Waals surface area contributed by atoms with E-state index >= 15 is 0 Å². The van der Waals surface area contributed by atoms with Gasteiger partial charge in [-0.15, -0.1) is 0 Å². The molecule has 2 aromatic carbocycles. The highest BCUT2D eigenvalue weighted by molar-refractivity contribution is 7.80. The van der Waals surface area contributed by atoms with Crippen LogP contribution in [0.4, 0.5) is 17.6 Å². The number of rotatable bonds is 6. The molecule has 3 N–H and O–H groups in total. The predicted octanol–water partition coefficient (Wildman–Crippen LogP) is 3.00. The van der Waals surface area contributed by atoms with Gasteiger partial charge < -0.3 is 15.2 Å². The number of halogens is 4. The summed E-state index contributed by atoms with van der Waals surface area (Å²) in [4.78, 5) is 0. The van der Waals surface area contributed by atoms with Crippen LogP contribution >= 0.6 is 12.2 Å². The lowest BCUT2D eigenvalue weighted by atomic mass is 10.1. The SMILES string of the molecule is COc1ccc(C=NNC(N)=S)cc1COc1c(F)c(F)cc(F)c1F. The number of hydrogen-bond acceptors (Lipinski definition) is 4. The number of hydrogen-bond donors (Lipinski definition) is 2. The monoisotopic (exact) mass is 387 g/mol. The highest BCUT2D eigenvalue weighted by Crippen LogP contribution is 2.28. The predicted molar refractivity (Wildman–Crippen MR) is 91.1 cm³/mol. The molecule has 0 radical (unpaired) electrons. The maximum Gasteiger partial charge on any atom is 0.203 e. The first kappa shape index (κ1) is 19.4. The Kier molecular flexibility index (Phi) is 6.34. The standard InChI is InChI=1S/C16H13F4N3O2S/c1-24-12-3-2-8(6-22-23-16(21)26)4-9(12)7-25-15-13(19)10(17)5-11(18)14(15)20/h2-6H,7H2,1H3,(H3,21,23,26). The van der Waals surface area contributed by atoms with Crippen LogP contribution in [-0.2, 0) is 6.61 Å². The van der Waals surface area contributed by atoms with Crippen molar-refractivity contribution in [2.75, 3.05) is 7.11 Å². The van der Waals surface area contributed by atoms with Crippen molar-refractivity contribution in [3.8, 4) is 11.5 Å². The second kappa shape index (κ2) is 8.48. The summed E-state index contributed by atoms with van der Waals surface area (Å²) in [5.74, 6) is -7.19. The third-order valence-electron chi connectivity index (χ3n) is 3.14. The summed E-state index contributed by atoms with van der Waals surface area (Å²) in [7, 11) is 1.38. The molecule has 5 nitrogen and oxygen atoms in total. The van der Waals surface area contributed by atoms with Gasteiger partial charge in [-0.1, -0.05) is 0 Å². The number of nitrogens with two attached hydrogens (primary N) is 1. The van der Waals surface area contributed by atoms with E-state index in [-0.39, 0.29) is 11.2 Å². The molecule has 0 aliphatic heterocycles. The van der Waals surface area contributed by atoms with E-state index in [4.69, 9.17) is 15.2 Å². The summed E-state index contributed by atoms with van der Waals surface area (Å²) in [6.07, 6.45) is 1.38. The highest BCUT2D eigenvalue weighted by Gasteiger charge is 2.21. The van der Waals surface area contributed by atoms with E-state index in [0.717, 1.165) is 0 Å². The quantitative estimate of drug-likeness (QED) is 0.262. The molecule has 0 aromatic heterocycles. The largest absolute Gasteiger partial charge is 0.496 e. The Bertz CT molecular complexity index is 836. The maximum atomic E-state index is 13.7. The van der Waals surface area contributed by atoms with Crippen LogP contribution < -0.4 is 20.6 Å². The Morgan fingerprint density at radius 1 is 1.19 bits per heavy atom. The van der Waals surface area contributed by atoms with Gasteiger partial charge in [0.05, 0.1) is 13.3 Å². The van der Waals surface area contributed by atoms with Crippen molar-refractivity contribution >= 4 is 23.5 Å². The summed E-state index contributed by atoms with van der Waals surface area (Å²) in [5, 5.41) is 3.74. The van der Waals surface area contributed by atoms with Crippen LogP contribution in [0.1, 0.15) is 11.1 Å². The van der Waals surface area contributed by atoms with E-state index in [0.29, 0.717) is 16.9 Å². The Morgan fingerprint density at radius 2 is 1.85 bits per heavy atom. The molecule has 0 bridgehead atoms. The van der Waals surface area contributed by atoms with E-state index in [9.17, 15) is 17.6 Å². The number of methoxy groups -OCH3 is 1. The molecule has 0 atom stereocenters. The molecule has 0 spiro atoms. The van der Waals surface area contributed by atoms with Crippen LogP contribution in [0.15, 0.2) is 29.4 Å². The van der Waals surface area contributed by atoms with Crippen molar-refractivity contribution < 1.29 is 27.0 Å². The number of benzene rings is 2. The van der Waals surface area contributed by atoms with Crippen molar-refractivity contribution in [1.82, 2.24) is 5.43 Å². The van der Waals surface area contributed by atoms with E-state index in [1.165, 1.54) is 19.4 Å². The summed E-state index contributed by atoms with van der Waals surface area (Å²) >= 11 is 4.60. The highest BCUT2D eigenvalue weighted by atomic mass is 32.1. The molecule has 0 fully saturated rings. The fourth-order valence-electron chi connectivity index (χ4n) is 1.99. The number of nitrogens with zero attached hydrogens (tertiary/aromatic N) is 1. The molecule has 0 saturated carbocycles. The average molecular weight is 387 g/mol. The van der Waals surface area contributed by atoms with E-state index in [1.807, 2.05) is 0 Å². The molecule has 26 heavy (non-hydrogen) atoms. The first-order chi connectivity index (χ1) is 12.3. The van der Waals surface area contributed by atoms with E-state index < -0.39 is 35.6 Å². The minimum atomic E-state index is -1.62. The van der Waals surface area contributed by atoms with Gasteiger partial charge in [-0.3, -0.25) is 5.43 Å². The third-order valence-corrected chi connectivity index (χ3v) is 3.23. The van der Waals surface area contributed by atoms with Crippen LogP contribution in [0.2, 0.25) is 0 Å². The van der Waals surface area contributed by atoms with Crippen molar-refractivity contribution in [3.63, 3.8) is 0 Å². The summed E-state index contributed by atoms with van der Waals surface area (Å²) < 4.78 is 63.8. The average Bonchev–Trinajstić information content (AvgIpc) is 2.60. The number of nitrogens with one attached hydrogen (secondary N) is 1. The molecule has 2 rings (SSSR count). The fourth-order valence-corrected chi connectivity index (χ4v) is 2.04. The van der Waals surface area contributed by atoms with Gasteiger partial charge in [-0.25, -0.2) is 8.78 Å². The van der Waals surface area contributed by atoms with E-state index in [2.05, 4.69) is 22.7 Å². The van der Waals surface area contributed by atoms with Crippen LogP contribution in [-0.4, -0.2) is 18.4 Å². The second-order valence-electron chi connectivity index (χ2n) is 4.89. The normalized spacial score (nSPS) is 10.8. The number of hydrazone groups is 1. The van der Waals surface area contributed by atoms with E-state index in [1.54, 1.807) is 12.1 Å². The van der Waals surface area contributed by atoms with Crippen molar-refractivity contribution in [1.29, 1.82) is 0 Å². The summed E-state index contributed by atoms with van der Waals surface area (Å²) in [6.45, 7) is -0.412. The smallest absolute Gasteiger partial charge is 0.203 e. The van der Waals surface area contributed by atoms with Gasteiger partial charge in [0.25, 0.3) is 0 Å². The first-order valence-electron chi connectivity index (χ1n) is 7.04. The third kappa shape index (κ3) is 4.60. The molecule has 0 aliphatic rings. The molecular weight excluding hydrogens is 374 g/mol. The minimum Gasteiger partial charge on any atom is -0.496 e. The molecule has 138 valence electrons. The Hall–Kier alpha value is -2.88. The second-order valence-corrected chi connectivity index (χ2v) is 5.33. The summed E-state index contributed by atoms with van der Waals surface area (Å²) in [6, 6.07) is 4.83. The molecule has 0 unspecified atom stereocenters. The molecule has 0 saturated heterocycles. The van der Waals surface area contributed by atoms with Crippen molar-refractivity contribution in [3.05, 3.63) is 58.7 Å². The Morgan fingerprint density at radius 3 is 2.42 bits per heavy atom. The molecule has 2 aromatic rings. The molecule has 0 heterocycles. The lowest BCUT2D eigenvalue weighted by Crippen LogP contribution is -2.24. The van der Waals surface area contributed by atoms with Gasteiger partial charge in [0, 0.05) is 11.6 Å². The molecular formula is C16H13F4N3O2S. The van der Waals surface area contributed by atoms with Crippen LogP contribution in [0.3, 0.4) is 0 Å². The Labute approximate surface area is 151 Å². The van der Waals surface area contributed by atoms with Crippen LogP contribution in [0, 0.1) is 23.3 Å². The minimum absolute atomic E-state index is 0.0302.